The van der Waals surface area contributed by atoms with Crippen molar-refractivity contribution in [1.29, 1.82) is 0 Å². The maximum absolute atomic E-state index is 12.0. The molecular weight excluding hydrogens is 242 g/mol. The summed E-state index contributed by atoms with van der Waals surface area (Å²) in [5.74, 6) is -0.395. The van der Waals surface area contributed by atoms with Gasteiger partial charge >= 0.3 is 5.97 Å². The highest BCUT2D eigenvalue weighted by molar-refractivity contribution is 5.78. The molecule has 1 aromatic rings. The van der Waals surface area contributed by atoms with Crippen LogP contribution in [-0.2, 0) is 14.3 Å². The molecule has 0 spiro atoms. The first-order valence-electron chi connectivity index (χ1n) is 6.62. The molecular formula is C15H21NO3. The molecule has 2 unspecified atom stereocenters. The monoisotopic (exact) mass is 263 g/mol. The van der Waals surface area contributed by atoms with E-state index in [2.05, 4.69) is 4.90 Å². The van der Waals surface area contributed by atoms with Crippen LogP contribution in [0.3, 0.4) is 0 Å². The SMILES string of the molecule is COC(=O)C(CN1CCC(OC)C1)c1ccccc1. The van der Waals surface area contributed by atoms with Crippen LogP contribution in [0.1, 0.15) is 17.9 Å². The lowest BCUT2D eigenvalue weighted by atomic mass is 9.99. The molecule has 0 aliphatic carbocycles. The van der Waals surface area contributed by atoms with Gasteiger partial charge in [0.1, 0.15) is 0 Å². The van der Waals surface area contributed by atoms with Crippen molar-refractivity contribution in [3.63, 3.8) is 0 Å². The number of nitrogens with zero attached hydrogens (tertiary/aromatic N) is 1. The normalized spacial score (nSPS) is 21.3. The zero-order valence-electron chi connectivity index (χ0n) is 11.5. The molecule has 1 aromatic carbocycles. The Labute approximate surface area is 114 Å². The van der Waals surface area contributed by atoms with E-state index in [1.807, 2.05) is 30.3 Å². The van der Waals surface area contributed by atoms with Gasteiger partial charge in [0.15, 0.2) is 0 Å². The Morgan fingerprint density at radius 2 is 2.11 bits per heavy atom. The molecule has 0 aromatic heterocycles. The van der Waals surface area contributed by atoms with Gasteiger partial charge in [0.25, 0.3) is 0 Å². The molecule has 2 atom stereocenters. The molecule has 0 amide bonds. The van der Waals surface area contributed by atoms with Crippen molar-refractivity contribution in [2.24, 2.45) is 0 Å². The Morgan fingerprint density at radius 1 is 1.37 bits per heavy atom. The van der Waals surface area contributed by atoms with Gasteiger partial charge in [-0.25, -0.2) is 0 Å². The fraction of sp³-hybridized carbons (Fsp3) is 0.533. The Kier molecular flexibility index (Phi) is 4.93. The summed E-state index contributed by atoms with van der Waals surface area (Å²) >= 11 is 0. The predicted octanol–water partition coefficient (Wildman–Crippen LogP) is 1.66. The molecule has 2 rings (SSSR count). The zero-order chi connectivity index (χ0) is 13.7. The van der Waals surface area contributed by atoms with Gasteiger partial charge in [-0.05, 0) is 12.0 Å². The van der Waals surface area contributed by atoms with Crippen LogP contribution in [0.2, 0.25) is 0 Å². The molecule has 1 heterocycles. The van der Waals surface area contributed by atoms with Crippen LogP contribution in [0.25, 0.3) is 0 Å². The summed E-state index contributed by atoms with van der Waals surface area (Å²) in [4.78, 5) is 14.2. The lowest BCUT2D eigenvalue weighted by molar-refractivity contribution is -0.142. The average molecular weight is 263 g/mol. The summed E-state index contributed by atoms with van der Waals surface area (Å²) in [6.07, 6.45) is 1.31. The summed E-state index contributed by atoms with van der Waals surface area (Å²) in [6, 6.07) is 9.81. The molecule has 1 saturated heterocycles. The summed E-state index contributed by atoms with van der Waals surface area (Å²) in [7, 11) is 3.18. The van der Waals surface area contributed by atoms with Crippen LogP contribution >= 0.6 is 0 Å². The van der Waals surface area contributed by atoms with Crippen molar-refractivity contribution in [1.82, 2.24) is 4.90 Å². The maximum Gasteiger partial charge on any atom is 0.314 e. The summed E-state index contributed by atoms with van der Waals surface area (Å²) in [5, 5.41) is 0. The van der Waals surface area contributed by atoms with Crippen LogP contribution < -0.4 is 0 Å². The number of rotatable bonds is 5. The van der Waals surface area contributed by atoms with Gasteiger partial charge in [0.05, 0.1) is 19.1 Å². The highest BCUT2D eigenvalue weighted by Gasteiger charge is 2.28. The van der Waals surface area contributed by atoms with Crippen LogP contribution in [0, 0.1) is 0 Å². The quantitative estimate of drug-likeness (QED) is 0.757. The minimum absolute atomic E-state index is 0.174. The molecule has 1 fully saturated rings. The van der Waals surface area contributed by atoms with Gasteiger partial charge in [-0.3, -0.25) is 9.69 Å². The third kappa shape index (κ3) is 3.55. The highest BCUT2D eigenvalue weighted by atomic mass is 16.5. The third-order valence-corrected chi connectivity index (χ3v) is 3.69. The minimum atomic E-state index is -0.221. The number of ether oxygens (including phenoxy) is 2. The number of esters is 1. The standard InChI is InChI=1S/C15H21NO3/c1-18-13-8-9-16(10-13)11-14(15(17)19-2)12-6-4-3-5-7-12/h3-7,13-14H,8-11H2,1-2H3. The Morgan fingerprint density at radius 3 is 2.68 bits per heavy atom. The van der Waals surface area contributed by atoms with Crippen LogP contribution in [0.5, 0.6) is 0 Å². The second kappa shape index (κ2) is 6.68. The first-order valence-corrected chi connectivity index (χ1v) is 6.62. The van der Waals surface area contributed by atoms with E-state index in [-0.39, 0.29) is 18.0 Å². The number of likely N-dealkylation sites (tertiary alicyclic amines) is 1. The number of hydrogen-bond acceptors (Lipinski definition) is 4. The predicted molar refractivity (Wildman–Crippen MR) is 73.1 cm³/mol. The van der Waals surface area contributed by atoms with Gasteiger partial charge in [0, 0.05) is 26.7 Å². The van der Waals surface area contributed by atoms with Crippen molar-refractivity contribution in [2.75, 3.05) is 33.9 Å². The Bertz CT molecular complexity index is 407. The molecule has 1 aliphatic rings. The van der Waals surface area contributed by atoms with E-state index in [0.717, 1.165) is 25.1 Å². The van der Waals surface area contributed by atoms with E-state index in [9.17, 15) is 4.79 Å². The second-order valence-corrected chi connectivity index (χ2v) is 4.89. The van der Waals surface area contributed by atoms with E-state index < -0.39 is 0 Å². The van der Waals surface area contributed by atoms with E-state index in [4.69, 9.17) is 9.47 Å². The van der Waals surface area contributed by atoms with E-state index in [1.54, 1.807) is 7.11 Å². The molecule has 0 saturated carbocycles. The second-order valence-electron chi connectivity index (χ2n) is 4.89. The van der Waals surface area contributed by atoms with Crippen molar-refractivity contribution in [3.05, 3.63) is 35.9 Å². The fourth-order valence-corrected chi connectivity index (χ4v) is 2.56. The first-order chi connectivity index (χ1) is 9.24. The van der Waals surface area contributed by atoms with Crippen molar-refractivity contribution in [3.8, 4) is 0 Å². The molecule has 19 heavy (non-hydrogen) atoms. The summed E-state index contributed by atoms with van der Waals surface area (Å²) in [5.41, 5.74) is 1.01. The lowest BCUT2D eigenvalue weighted by Gasteiger charge is -2.22. The van der Waals surface area contributed by atoms with Crippen molar-refractivity contribution in [2.45, 2.75) is 18.4 Å². The van der Waals surface area contributed by atoms with Crippen LogP contribution in [0.15, 0.2) is 30.3 Å². The molecule has 4 nitrogen and oxygen atoms in total. The first kappa shape index (κ1) is 14.0. The Balaban J connectivity index is 2.05. The highest BCUT2D eigenvalue weighted by Crippen LogP contribution is 2.21. The molecule has 1 aliphatic heterocycles. The average Bonchev–Trinajstić information content (AvgIpc) is 2.92. The van der Waals surface area contributed by atoms with Gasteiger partial charge in [-0.2, -0.15) is 0 Å². The zero-order valence-corrected chi connectivity index (χ0v) is 11.5. The topological polar surface area (TPSA) is 38.8 Å². The number of carbonyl (C=O) groups is 1. The third-order valence-electron chi connectivity index (χ3n) is 3.69. The van der Waals surface area contributed by atoms with E-state index >= 15 is 0 Å². The number of carbonyl (C=O) groups excluding carboxylic acids is 1. The van der Waals surface area contributed by atoms with Crippen LogP contribution in [-0.4, -0.2) is 50.8 Å². The van der Waals surface area contributed by atoms with Gasteiger partial charge in [0.2, 0.25) is 0 Å². The molecule has 104 valence electrons. The number of benzene rings is 1. The maximum atomic E-state index is 12.0. The van der Waals surface area contributed by atoms with Crippen molar-refractivity contribution < 1.29 is 14.3 Å². The minimum Gasteiger partial charge on any atom is -0.469 e. The van der Waals surface area contributed by atoms with E-state index in [0.29, 0.717) is 6.54 Å². The molecule has 4 heteroatoms. The summed E-state index contributed by atoms with van der Waals surface area (Å²) < 4.78 is 10.3. The smallest absolute Gasteiger partial charge is 0.314 e. The fourth-order valence-electron chi connectivity index (χ4n) is 2.56. The van der Waals surface area contributed by atoms with Gasteiger partial charge in [-0.15, -0.1) is 0 Å². The molecule has 0 radical (unpaired) electrons. The molecule has 0 bridgehead atoms. The van der Waals surface area contributed by atoms with Gasteiger partial charge < -0.3 is 9.47 Å². The van der Waals surface area contributed by atoms with Crippen molar-refractivity contribution >= 4 is 5.97 Å². The van der Waals surface area contributed by atoms with Crippen LogP contribution in [0.4, 0.5) is 0 Å². The number of hydrogen-bond donors (Lipinski definition) is 0. The number of methoxy groups -OCH3 is 2. The summed E-state index contributed by atoms with van der Waals surface area (Å²) in [6.45, 7) is 2.55. The largest absolute Gasteiger partial charge is 0.469 e. The van der Waals surface area contributed by atoms with E-state index in [1.165, 1.54) is 7.11 Å². The van der Waals surface area contributed by atoms with Gasteiger partial charge in [-0.1, -0.05) is 30.3 Å². The molecule has 0 N–H and O–H groups in total. The Hall–Kier alpha value is -1.39. The lowest BCUT2D eigenvalue weighted by Crippen LogP contribution is -2.31.